The molecule has 0 spiro atoms. The van der Waals surface area contributed by atoms with Gasteiger partial charge in [0.15, 0.2) is 5.96 Å². The Balaban J connectivity index is 0.00000729. The molecule has 1 rings (SSSR count). The zero-order valence-electron chi connectivity index (χ0n) is 18.8. The van der Waals surface area contributed by atoms with Crippen LogP contribution in [-0.2, 0) is 0 Å². The van der Waals surface area contributed by atoms with E-state index in [2.05, 4.69) is 53.1 Å². The lowest BCUT2D eigenvalue weighted by atomic mass is 9.93. The van der Waals surface area contributed by atoms with Crippen LogP contribution in [0.5, 0.6) is 0 Å². The van der Waals surface area contributed by atoms with E-state index in [9.17, 15) is 5.11 Å². The molecule has 1 fully saturated rings. The molecule has 0 aliphatic carbocycles. The van der Waals surface area contributed by atoms with E-state index in [0.717, 1.165) is 51.2 Å². The molecule has 0 bridgehead atoms. The van der Waals surface area contributed by atoms with Crippen molar-refractivity contribution in [3.05, 3.63) is 0 Å². The number of hydrogen-bond acceptors (Lipinski definition) is 4. The fraction of sp³-hybridized carbons (Fsp3) is 0.952. The van der Waals surface area contributed by atoms with E-state index in [1.807, 2.05) is 0 Å². The number of aliphatic hydroxyl groups is 1. The van der Waals surface area contributed by atoms with E-state index in [4.69, 9.17) is 0 Å². The zero-order chi connectivity index (χ0) is 20.0. The van der Waals surface area contributed by atoms with Gasteiger partial charge in [-0.05, 0) is 45.7 Å². The molecule has 168 valence electrons. The van der Waals surface area contributed by atoms with Gasteiger partial charge >= 0.3 is 0 Å². The van der Waals surface area contributed by atoms with Crippen LogP contribution in [0.1, 0.15) is 66.2 Å². The number of piperazine rings is 1. The van der Waals surface area contributed by atoms with Gasteiger partial charge in [-0.25, -0.2) is 0 Å². The van der Waals surface area contributed by atoms with Crippen molar-refractivity contribution < 1.29 is 5.11 Å². The van der Waals surface area contributed by atoms with Crippen LogP contribution in [0.3, 0.4) is 0 Å². The molecule has 0 saturated carbocycles. The van der Waals surface area contributed by atoms with Crippen molar-refractivity contribution >= 4 is 29.9 Å². The second-order valence-electron chi connectivity index (χ2n) is 7.83. The number of halogens is 1. The van der Waals surface area contributed by atoms with Crippen molar-refractivity contribution in [1.29, 1.82) is 0 Å². The van der Waals surface area contributed by atoms with Gasteiger partial charge in [-0.2, -0.15) is 0 Å². The third-order valence-corrected chi connectivity index (χ3v) is 5.41. The minimum atomic E-state index is -0.660. The van der Waals surface area contributed by atoms with Crippen LogP contribution < -0.4 is 10.6 Å². The maximum atomic E-state index is 10.7. The van der Waals surface area contributed by atoms with Gasteiger partial charge in [0.1, 0.15) is 0 Å². The summed E-state index contributed by atoms with van der Waals surface area (Å²) in [6.07, 6.45) is 5.97. The number of nitrogens with one attached hydrogen (secondary N) is 2. The Morgan fingerprint density at radius 1 is 0.929 bits per heavy atom. The highest BCUT2D eigenvalue weighted by atomic mass is 127. The molecule has 0 aromatic carbocycles. The number of hydrogen-bond donors (Lipinski definition) is 3. The van der Waals surface area contributed by atoms with Crippen molar-refractivity contribution in [2.75, 3.05) is 58.9 Å². The predicted octanol–water partition coefficient (Wildman–Crippen LogP) is 2.91. The number of likely N-dealkylation sites (N-methyl/N-ethyl adjacent to an activating group) is 1. The summed E-state index contributed by atoms with van der Waals surface area (Å²) >= 11 is 0. The Labute approximate surface area is 190 Å². The molecule has 1 aliphatic heterocycles. The van der Waals surface area contributed by atoms with Crippen LogP contribution in [0.4, 0.5) is 0 Å². The quantitative estimate of drug-likeness (QED) is 0.154. The molecule has 0 radical (unpaired) electrons. The Bertz CT molecular complexity index is 394. The average Bonchev–Trinajstić information content (AvgIpc) is 2.66. The zero-order valence-corrected chi connectivity index (χ0v) is 21.1. The largest absolute Gasteiger partial charge is 0.388 e. The summed E-state index contributed by atoms with van der Waals surface area (Å²) in [7, 11) is 0. The highest BCUT2D eigenvalue weighted by molar-refractivity contribution is 14.0. The Morgan fingerprint density at radius 3 is 2.07 bits per heavy atom. The summed E-state index contributed by atoms with van der Waals surface area (Å²) in [5.74, 6) is 0.833. The first kappa shape index (κ1) is 27.9. The van der Waals surface area contributed by atoms with E-state index in [1.165, 1.54) is 45.7 Å². The molecule has 0 aromatic heterocycles. The van der Waals surface area contributed by atoms with Crippen molar-refractivity contribution in [3.8, 4) is 0 Å². The minimum absolute atomic E-state index is 0. The molecule has 7 heteroatoms. The summed E-state index contributed by atoms with van der Waals surface area (Å²) in [6, 6.07) is 0. The molecular weight excluding hydrogens is 465 g/mol. The van der Waals surface area contributed by atoms with Gasteiger partial charge in [-0.1, -0.05) is 33.6 Å². The lowest BCUT2D eigenvalue weighted by Gasteiger charge is -2.34. The number of unbranched alkanes of at least 4 members (excludes halogenated alkanes) is 1. The Hall–Kier alpha value is -0.120. The molecule has 28 heavy (non-hydrogen) atoms. The first-order valence-corrected chi connectivity index (χ1v) is 11.3. The molecule has 0 atom stereocenters. The molecule has 3 N–H and O–H groups in total. The van der Waals surface area contributed by atoms with E-state index < -0.39 is 5.60 Å². The minimum Gasteiger partial charge on any atom is -0.388 e. The molecule has 0 aromatic rings. The van der Waals surface area contributed by atoms with Crippen molar-refractivity contribution in [2.45, 2.75) is 71.8 Å². The lowest BCUT2D eigenvalue weighted by Crippen LogP contribution is -2.46. The molecular formula is C21H46IN5O. The summed E-state index contributed by atoms with van der Waals surface area (Å²) < 4.78 is 0. The van der Waals surface area contributed by atoms with Crippen LogP contribution in [0.2, 0.25) is 0 Å². The highest BCUT2D eigenvalue weighted by Gasteiger charge is 2.24. The average molecular weight is 512 g/mol. The molecule has 1 heterocycles. The van der Waals surface area contributed by atoms with E-state index in [0.29, 0.717) is 6.54 Å². The maximum Gasteiger partial charge on any atom is 0.191 e. The third kappa shape index (κ3) is 11.8. The maximum absolute atomic E-state index is 10.7. The van der Waals surface area contributed by atoms with E-state index >= 15 is 0 Å². The van der Waals surface area contributed by atoms with Crippen LogP contribution in [0, 0.1) is 0 Å². The fourth-order valence-corrected chi connectivity index (χ4v) is 3.78. The topological polar surface area (TPSA) is 63.1 Å². The molecule has 1 aliphatic rings. The van der Waals surface area contributed by atoms with Gasteiger partial charge < -0.3 is 25.5 Å². The number of nitrogens with zero attached hydrogens (tertiary/aromatic N) is 3. The van der Waals surface area contributed by atoms with Crippen LogP contribution in [0.15, 0.2) is 4.99 Å². The normalized spacial score (nSPS) is 16.7. The third-order valence-electron chi connectivity index (χ3n) is 5.41. The number of rotatable bonds is 13. The first-order valence-electron chi connectivity index (χ1n) is 11.3. The van der Waals surface area contributed by atoms with Gasteiger partial charge in [-0.15, -0.1) is 24.0 Å². The van der Waals surface area contributed by atoms with Gasteiger partial charge in [0, 0.05) is 39.3 Å². The molecule has 1 saturated heterocycles. The van der Waals surface area contributed by atoms with Crippen LogP contribution in [-0.4, -0.2) is 85.4 Å². The second kappa shape index (κ2) is 16.7. The molecule has 6 nitrogen and oxygen atoms in total. The molecule has 0 unspecified atom stereocenters. The summed E-state index contributed by atoms with van der Waals surface area (Å²) in [6.45, 7) is 18.0. The summed E-state index contributed by atoms with van der Waals surface area (Å²) in [4.78, 5) is 9.76. The SMILES string of the molecule is CCCC(O)(CCC)CN=C(NCC)NCCCCN1CCN(CC)CC1.I. The number of aliphatic imine (C=N–C) groups is 1. The second-order valence-corrected chi connectivity index (χ2v) is 7.83. The summed E-state index contributed by atoms with van der Waals surface area (Å²) in [5.41, 5.74) is -0.660. The number of guanidine groups is 1. The van der Waals surface area contributed by atoms with Crippen LogP contribution >= 0.6 is 24.0 Å². The Morgan fingerprint density at radius 2 is 1.54 bits per heavy atom. The van der Waals surface area contributed by atoms with Gasteiger partial charge in [0.05, 0.1) is 12.1 Å². The highest BCUT2D eigenvalue weighted by Crippen LogP contribution is 2.19. The van der Waals surface area contributed by atoms with Crippen LogP contribution in [0.25, 0.3) is 0 Å². The predicted molar refractivity (Wildman–Crippen MR) is 132 cm³/mol. The molecule has 0 amide bonds. The Kier molecular flexibility index (Phi) is 16.6. The standard InChI is InChI=1S/C21H45N5O.HI/c1-5-11-21(27,12-6-2)19-24-20(22-7-3)23-13-9-10-14-26-17-15-25(8-4)16-18-26;/h27H,5-19H2,1-4H3,(H2,22,23,24);1H. The fourth-order valence-electron chi connectivity index (χ4n) is 3.78. The van der Waals surface area contributed by atoms with E-state index in [-0.39, 0.29) is 24.0 Å². The monoisotopic (exact) mass is 511 g/mol. The summed E-state index contributed by atoms with van der Waals surface area (Å²) in [5, 5.41) is 17.5. The van der Waals surface area contributed by atoms with Crippen molar-refractivity contribution in [2.24, 2.45) is 4.99 Å². The first-order chi connectivity index (χ1) is 13.1. The van der Waals surface area contributed by atoms with E-state index in [1.54, 1.807) is 0 Å². The van der Waals surface area contributed by atoms with Gasteiger partial charge in [0.25, 0.3) is 0 Å². The van der Waals surface area contributed by atoms with Gasteiger partial charge in [0.2, 0.25) is 0 Å². The smallest absolute Gasteiger partial charge is 0.191 e. The van der Waals surface area contributed by atoms with Crippen molar-refractivity contribution in [3.63, 3.8) is 0 Å². The van der Waals surface area contributed by atoms with Gasteiger partial charge in [-0.3, -0.25) is 4.99 Å². The van der Waals surface area contributed by atoms with Crippen molar-refractivity contribution in [1.82, 2.24) is 20.4 Å². The lowest BCUT2D eigenvalue weighted by molar-refractivity contribution is 0.0306.